The molecule has 1 aromatic carbocycles. The lowest BCUT2D eigenvalue weighted by atomic mass is 10.1. The minimum atomic E-state index is -0.246. The smallest absolute Gasteiger partial charge is 0.239 e. The van der Waals surface area contributed by atoms with E-state index in [9.17, 15) is 4.79 Å². The van der Waals surface area contributed by atoms with Gasteiger partial charge in [0.2, 0.25) is 5.91 Å². The van der Waals surface area contributed by atoms with Crippen LogP contribution in [0.1, 0.15) is 51.7 Å². The van der Waals surface area contributed by atoms with Crippen molar-refractivity contribution in [1.82, 2.24) is 16.0 Å². The predicted octanol–water partition coefficient (Wildman–Crippen LogP) is 3.37. The third kappa shape index (κ3) is 9.61. The zero-order valence-corrected chi connectivity index (χ0v) is 20.1. The third-order valence-corrected chi connectivity index (χ3v) is 4.08. The number of benzene rings is 1. The molecule has 7 heteroatoms. The van der Waals surface area contributed by atoms with E-state index in [4.69, 9.17) is 4.74 Å². The monoisotopic (exact) mass is 502 g/mol. The Balaban J connectivity index is 0.00000392. The Bertz CT molecular complexity index is 667. The largest absolute Gasteiger partial charge is 0.493 e. The highest BCUT2D eigenvalue weighted by atomic mass is 127. The fraction of sp³-hybridized carbons (Fsp3) is 0.619. The van der Waals surface area contributed by atoms with E-state index in [0.29, 0.717) is 18.4 Å². The molecular formula is C21H35IN4O2. The van der Waals surface area contributed by atoms with Crippen LogP contribution < -0.4 is 20.7 Å². The minimum Gasteiger partial charge on any atom is -0.493 e. The summed E-state index contributed by atoms with van der Waals surface area (Å²) in [6.45, 7) is 12.1. The van der Waals surface area contributed by atoms with Gasteiger partial charge in [-0.05, 0) is 65.0 Å². The van der Waals surface area contributed by atoms with E-state index in [2.05, 4.69) is 46.1 Å². The van der Waals surface area contributed by atoms with Gasteiger partial charge in [0.25, 0.3) is 0 Å². The first-order valence-corrected chi connectivity index (χ1v) is 9.82. The lowest BCUT2D eigenvalue weighted by Crippen LogP contribution is -2.48. The molecule has 0 aliphatic heterocycles. The second-order valence-electron chi connectivity index (χ2n) is 8.21. The molecule has 0 saturated heterocycles. The second-order valence-corrected chi connectivity index (χ2v) is 8.21. The van der Waals surface area contributed by atoms with Crippen LogP contribution in [0.15, 0.2) is 23.2 Å². The van der Waals surface area contributed by atoms with Gasteiger partial charge < -0.3 is 20.7 Å². The van der Waals surface area contributed by atoms with Gasteiger partial charge in [-0.25, -0.2) is 4.99 Å². The van der Waals surface area contributed by atoms with Crippen molar-refractivity contribution in [2.75, 3.05) is 19.7 Å². The maximum atomic E-state index is 12.0. The molecule has 6 nitrogen and oxygen atoms in total. The fourth-order valence-corrected chi connectivity index (χ4v) is 2.55. The Hall–Kier alpha value is -1.51. The van der Waals surface area contributed by atoms with Crippen LogP contribution in [-0.2, 0) is 11.3 Å². The van der Waals surface area contributed by atoms with E-state index in [0.717, 1.165) is 24.5 Å². The van der Waals surface area contributed by atoms with Crippen molar-refractivity contribution < 1.29 is 9.53 Å². The first kappa shape index (κ1) is 24.5. The van der Waals surface area contributed by atoms with Crippen LogP contribution in [0, 0.1) is 12.8 Å². The zero-order valence-electron chi connectivity index (χ0n) is 17.7. The average Bonchev–Trinajstić information content (AvgIpc) is 3.39. The molecule has 3 N–H and O–H groups in total. The molecule has 28 heavy (non-hydrogen) atoms. The second kappa shape index (κ2) is 11.5. The van der Waals surface area contributed by atoms with Crippen LogP contribution in [0.3, 0.4) is 0 Å². The van der Waals surface area contributed by atoms with Crippen LogP contribution in [0.25, 0.3) is 0 Å². The summed E-state index contributed by atoms with van der Waals surface area (Å²) in [5.41, 5.74) is 1.99. The van der Waals surface area contributed by atoms with Crippen molar-refractivity contribution >= 4 is 35.8 Å². The van der Waals surface area contributed by atoms with Gasteiger partial charge in [0.05, 0.1) is 19.7 Å². The number of aliphatic imine (C=N–C) groups is 1. The summed E-state index contributed by atoms with van der Waals surface area (Å²) in [6.07, 6.45) is 2.54. The van der Waals surface area contributed by atoms with E-state index in [1.807, 2.05) is 27.7 Å². The van der Waals surface area contributed by atoms with E-state index in [1.165, 1.54) is 18.4 Å². The molecule has 0 heterocycles. The maximum absolute atomic E-state index is 12.0. The molecule has 1 aliphatic rings. The summed E-state index contributed by atoms with van der Waals surface area (Å²) < 4.78 is 6.01. The Morgan fingerprint density at radius 2 is 1.96 bits per heavy atom. The van der Waals surface area contributed by atoms with Gasteiger partial charge in [0.15, 0.2) is 5.96 Å². The molecule has 1 fully saturated rings. The molecule has 2 rings (SSSR count). The highest BCUT2D eigenvalue weighted by molar-refractivity contribution is 14.0. The number of carbonyl (C=O) groups is 1. The standard InChI is InChI=1S/C21H34N4O2.HI/c1-6-22-20(24-13-19(26)25-21(3,4)5)23-12-17-10-7-15(2)11-18(17)27-14-16-8-9-16;/h7,10-11,16H,6,8-9,12-14H2,1-5H3,(H,25,26)(H2,22,23,24);1H. The quantitative estimate of drug-likeness (QED) is 0.290. The van der Waals surface area contributed by atoms with Crippen LogP contribution in [0.2, 0.25) is 0 Å². The number of carbonyl (C=O) groups excluding carboxylic acids is 1. The molecule has 1 aliphatic carbocycles. The predicted molar refractivity (Wildman–Crippen MR) is 126 cm³/mol. The van der Waals surface area contributed by atoms with Crippen LogP contribution >= 0.6 is 24.0 Å². The molecule has 1 saturated carbocycles. The molecule has 158 valence electrons. The van der Waals surface area contributed by atoms with E-state index < -0.39 is 0 Å². The third-order valence-electron chi connectivity index (χ3n) is 4.08. The molecule has 0 spiro atoms. The van der Waals surface area contributed by atoms with Crippen molar-refractivity contribution in [3.8, 4) is 5.75 Å². The summed E-state index contributed by atoms with van der Waals surface area (Å²) in [4.78, 5) is 16.6. The van der Waals surface area contributed by atoms with Crippen molar-refractivity contribution in [1.29, 1.82) is 0 Å². The molecule has 1 aromatic rings. The van der Waals surface area contributed by atoms with E-state index in [1.54, 1.807) is 0 Å². The summed E-state index contributed by atoms with van der Waals surface area (Å²) in [7, 11) is 0. The summed E-state index contributed by atoms with van der Waals surface area (Å²) in [6, 6.07) is 6.22. The number of rotatable bonds is 8. The van der Waals surface area contributed by atoms with Crippen molar-refractivity contribution in [2.45, 2.75) is 59.5 Å². The highest BCUT2D eigenvalue weighted by Crippen LogP contribution is 2.30. The number of guanidine groups is 1. The van der Waals surface area contributed by atoms with Gasteiger partial charge in [-0.1, -0.05) is 12.1 Å². The van der Waals surface area contributed by atoms with Crippen LogP contribution in [0.5, 0.6) is 5.75 Å². The Morgan fingerprint density at radius 3 is 2.57 bits per heavy atom. The average molecular weight is 502 g/mol. The molecule has 0 bridgehead atoms. The molecule has 0 atom stereocenters. The summed E-state index contributed by atoms with van der Waals surface area (Å²) in [5, 5.41) is 9.21. The number of nitrogens with one attached hydrogen (secondary N) is 3. The molecular weight excluding hydrogens is 467 g/mol. The lowest BCUT2D eigenvalue weighted by molar-refractivity contribution is -0.121. The number of aryl methyl sites for hydroxylation is 1. The number of hydrogen-bond donors (Lipinski definition) is 3. The Morgan fingerprint density at radius 1 is 1.25 bits per heavy atom. The molecule has 0 aromatic heterocycles. The highest BCUT2D eigenvalue weighted by Gasteiger charge is 2.22. The molecule has 1 amide bonds. The molecule has 0 unspecified atom stereocenters. The molecule has 0 radical (unpaired) electrons. The van der Waals surface area contributed by atoms with Gasteiger partial charge in [0, 0.05) is 17.6 Å². The zero-order chi connectivity index (χ0) is 19.9. The summed E-state index contributed by atoms with van der Waals surface area (Å²) >= 11 is 0. The first-order valence-electron chi connectivity index (χ1n) is 9.82. The van der Waals surface area contributed by atoms with E-state index >= 15 is 0 Å². The van der Waals surface area contributed by atoms with Crippen molar-refractivity contribution in [3.05, 3.63) is 29.3 Å². The number of halogens is 1. The minimum absolute atomic E-state index is 0. The van der Waals surface area contributed by atoms with Gasteiger partial charge in [-0.2, -0.15) is 0 Å². The number of nitrogens with zero attached hydrogens (tertiary/aromatic N) is 1. The first-order chi connectivity index (χ1) is 12.8. The number of amides is 1. The number of hydrogen-bond acceptors (Lipinski definition) is 3. The SMILES string of the molecule is CCNC(=NCc1ccc(C)cc1OCC1CC1)NCC(=O)NC(C)(C)C.I. The maximum Gasteiger partial charge on any atom is 0.239 e. The van der Waals surface area contributed by atoms with Crippen molar-refractivity contribution in [2.24, 2.45) is 10.9 Å². The number of ether oxygens (including phenoxy) is 1. The van der Waals surface area contributed by atoms with Gasteiger partial charge in [-0.3, -0.25) is 4.79 Å². The van der Waals surface area contributed by atoms with Gasteiger partial charge in [-0.15, -0.1) is 24.0 Å². The normalized spacial score (nSPS) is 14.1. The van der Waals surface area contributed by atoms with Gasteiger partial charge >= 0.3 is 0 Å². The lowest BCUT2D eigenvalue weighted by Gasteiger charge is -2.21. The Labute approximate surface area is 186 Å². The Kier molecular flexibility index (Phi) is 10.1. The van der Waals surface area contributed by atoms with Crippen molar-refractivity contribution in [3.63, 3.8) is 0 Å². The fourth-order valence-electron chi connectivity index (χ4n) is 2.55. The van der Waals surface area contributed by atoms with E-state index in [-0.39, 0.29) is 42.0 Å². The topological polar surface area (TPSA) is 74.8 Å². The summed E-state index contributed by atoms with van der Waals surface area (Å²) in [5.74, 6) is 2.18. The van der Waals surface area contributed by atoms with Crippen LogP contribution in [0.4, 0.5) is 0 Å². The van der Waals surface area contributed by atoms with Gasteiger partial charge in [0.1, 0.15) is 5.75 Å². The van der Waals surface area contributed by atoms with Crippen LogP contribution in [-0.4, -0.2) is 37.1 Å².